The van der Waals surface area contributed by atoms with Gasteiger partial charge in [-0.05, 0) is 43.5 Å². The molecule has 0 fully saturated rings. The van der Waals surface area contributed by atoms with Gasteiger partial charge in [-0.1, -0.05) is 13.0 Å². The van der Waals surface area contributed by atoms with E-state index in [4.69, 9.17) is 4.74 Å². The Hall–Kier alpha value is -1.22. The Balaban J connectivity index is 3.00. The molecule has 1 rings (SSSR count). The Morgan fingerprint density at radius 1 is 1.41 bits per heavy atom. The number of hydrogen-bond donors (Lipinski definition) is 0. The number of aryl methyl sites for hydroxylation is 1. The number of hydrogen-bond acceptors (Lipinski definition) is 2. The highest BCUT2D eigenvalue weighted by molar-refractivity contribution is 5.84. The molecule has 0 aliphatic heterocycles. The number of benzene rings is 1. The second-order valence-corrected chi connectivity index (χ2v) is 4.05. The standard InChI is InChI=1S/C14H19FO2/c1-4-6-13(16)14(17-5-2)12-8-7-11(15)9-10(12)3/h7-9,14H,4-6H2,1-3H3. The van der Waals surface area contributed by atoms with Gasteiger partial charge in [-0.3, -0.25) is 4.79 Å². The van der Waals surface area contributed by atoms with E-state index in [1.54, 1.807) is 13.0 Å². The Morgan fingerprint density at radius 3 is 2.65 bits per heavy atom. The second-order valence-electron chi connectivity index (χ2n) is 4.05. The van der Waals surface area contributed by atoms with E-state index in [2.05, 4.69) is 0 Å². The molecule has 1 aromatic carbocycles. The molecule has 0 bridgehead atoms. The smallest absolute Gasteiger partial charge is 0.166 e. The van der Waals surface area contributed by atoms with Crippen LogP contribution in [0.2, 0.25) is 0 Å². The van der Waals surface area contributed by atoms with Gasteiger partial charge in [0.05, 0.1) is 0 Å². The zero-order valence-corrected chi connectivity index (χ0v) is 10.6. The molecule has 17 heavy (non-hydrogen) atoms. The molecule has 0 N–H and O–H groups in total. The first-order valence-corrected chi connectivity index (χ1v) is 6.00. The average Bonchev–Trinajstić information content (AvgIpc) is 2.27. The molecule has 0 saturated carbocycles. The molecule has 0 aliphatic rings. The van der Waals surface area contributed by atoms with E-state index in [1.807, 2.05) is 13.8 Å². The van der Waals surface area contributed by atoms with Gasteiger partial charge in [0.1, 0.15) is 11.9 Å². The Bertz CT molecular complexity index is 388. The Morgan fingerprint density at radius 2 is 2.12 bits per heavy atom. The summed E-state index contributed by atoms with van der Waals surface area (Å²) in [4.78, 5) is 12.0. The van der Waals surface area contributed by atoms with Crippen LogP contribution in [0.25, 0.3) is 0 Å². The third-order valence-electron chi connectivity index (χ3n) is 2.64. The van der Waals surface area contributed by atoms with Crippen LogP contribution in [0.3, 0.4) is 0 Å². The summed E-state index contributed by atoms with van der Waals surface area (Å²) in [6, 6.07) is 4.44. The highest BCUT2D eigenvalue weighted by Crippen LogP contribution is 2.24. The minimum atomic E-state index is -0.555. The van der Waals surface area contributed by atoms with E-state index in [1.165, 1.54) is 12.1 Å². The first-order chi connectivity index (χ1) is 8.10. The second kappa shape index (κ2) is 6.50. The van der Waals surface area contributed by atoms with Gasteiger partial charge >= 0.3 is 0 Å². The summed E-state index contributed by atoms with van der Waals surface area (Å²) in [5, 5.41) is 0. The predicted octanol–water partition coefficient (Wildman–Crippen LogP) is 3.58. The van der Waals surface area contributed by atoms with Crippen LogP contribution in [0, 0.1) is 12.7 Å². The number of Topliss-reactive ketones (excluding diaryl/α,β-unsaturated/α-hetero) is 1. The maximum absolute atomic E-state index is 13.0. The molecule has 1 unspecified atom stereocenters. The molecular weight excluding hydrogens is 219 g/mol. The van der Waals surface area contributed by atoms with Crippen LogP contribution in [0.4, 0.5) is 4.39 Å². The zero-order chi connectivity index (χ0) is 12.8. The van der Waals surface area contributed by atoms with E-state index >= 15 is 0 Å². The fourth-order valence-corrected chi connectivity index (χ4v) is 1.83. The van der Waals surface area contributed by atoms with Crippen molar-refractivity contribution in [2.45, 2.75) is 39.7 Å². The average molecular weight is 238 g/mol. The van der Waals surface area contributed by atoms with E-state index in [-0.39, 0.29) is 11.6 Å². The fraction of sp³-hybridized carbons (Fsp3) is 0.500. The summed E-state index contributed by atoms with van der Waals surface area (Å²) in [6.45, 7) is 6.07. The largest absolute Gasteiger partial charge is 0.366 e. The Labute approximate surface area is 102 Å². The van der Waals surface area contributed by atoms with Gasteiger partial charge in [0.25, 0.3) is 0 Å². The van der Waals surface area contributed by atoms with Gasteiger partial charge < -0.3 is 4.74 Å². The summed E-state index contributed by atoms with van der Waals surface area (Å²) in [7, 11) is 0. The number of ether oxygens (including phenoxy) is 1. The molecule has 0 spiro atoms. The van der Waals surface area contributed by atoms with Crippen LogP contribution in [0.5, 0.6) is 0 Å². The SMILES string of the molecule is CCCC(=O)C(OCC)c1ccc(F)cc1C. The third-order valence-corrected chi connectivity index (χ3v) is 2.64. The van der Waals surface area contributed by atoms with Crippen molar-refractivity contribution in [1.82, 2.24) is 0 Å². The van der Waals surface area contributed by atoms with Gasteiger partial charge in [-0.25, -0.2) is 4.39 Å². The van der Waals surface area contributed by atoms with Crippen molar-refractivity contribution in [1.29, 1.82) is 0 Å². The summed E-state index contributed by atoms with van der Waals surface area (Å²) < 4.78 is 18.5. The number of ketones is 1. The number of carbonyl (C=O) groups excluding carboxylic acids is 1. The summed E-state index contributed by atoms with van der Waals surface area (Å²) >= 11 is 0. The van der Waals surface area contributed by atoms with E-state index in [0.29, 0.717) is 13.0 Å². The lowest BCUT2D eigenvalue weighted by molar-refractivity contribution is -0.130. The van der Waals surface area contributed by atoms with Crippen molar-refractivity contribution in [3.05, 3.63) is 35.1 Å². The van der Waals surface area contributed by atoms with Crippen LogP contribution in [0.1, 0.15) is 43.9 Å². The Kier molecular flexibility index (Phi) is 5.29. The van der Waals surface area contributed by atoms with Crippen molar-refractivity contribution >= 4 is 5.78 Å². The first-order valence-electron chi connectivity index (χ1n) is 6.00. The molecule has 3 heteroatoms. The molecule has 1 aromatic rings. The normalized spacial score (nSPS) is 12.5. The lowest BCUT2D eigenvalue weighted by atomic mass is 9.98. The lowest BCUT2D eigenvalue weighted by Gasteiger charge is -2.18. The minimum Gasteiger partial charge on any atom is -0.366 e. The van der Waals surface area contributed by atoms with E-state index in [0.717, 1.165) is 17.5 Å². The van der Waals surface area contributed by atoms with Crippen LogP contribution >= 0.6 is 0 Å². The van der Waals surface area contributed by atoms with Crippen LogP contribution in [-0.4, -0.2) is 12.4 Å². The molecule has 0 saturated heterocycles. The maximum Gasteiger partial charge on any atom is 0.166 e. The fourth-order valence-electron chi connectivity index (χ4n) is 1.83. The maximum atomic E-state index is 13.0. The van der Waals surface area contributed by atoms with Gasteiger partial charge in [0, 0.05) is 13.0 Å². The van der Waals surface area contributed by atoms with Gasteiger partial charge in [0.15, 0.2) is 5.78 Å². The molecule has 0 amide bonds. The summed E-state index contributed by atoms with van der Waals surface area (Å²) in [5.74, 6) is -0.228. The minimum absolute atomic E-state index is 0.0593. The number of halogens is 1. The van der Waals surface area contributed by atoms with Crippen molar-refractivity contribution in [2.24, 2.45) is 0 Å². The number of carbonyl (C=O) groups is 1. The summed E-state index contributed by atoms with van der Waals surface area (Å²) in [6.07, 6.45) is 0.727. The molecule has 0 heterocycles. The molecule has 2 nitrogen and oxygen atoms in total. The molecular formula is C14H19FO2. The van der Waals surface area contributed by atoms with Crippen LogP contribution in [0.15, 0.2) is 18.2 Å². The highest BCUT2D eigenvalue weighted by Gasteiger charge is 2.21. The molecule has 0 aromatic heterocycles. The molecule has 0 aliphatic carbocycles. The van der Waals surface area contributed by atoms with E-state index < -0.39 is 6.10 Å². The monoisotopic (exact) mass is 238 g/mol. The van der Waals surface area contributed by atoms with Crippen LogP contribution in [-0.2, 0) is 9.53 Å². The summed E-state index contributed by atoms with van der Waals surface area (Å²) in [5.41, 5.74) is 1.53. The van der Waals surface area contributed by atoms with Crippen molar-refractivity contribution < 1.29 is 13.9 Å². The molecule has 1 atom stereocenters. The third kappa shape index (κ3) is 3.63. The molecule has 94 valence electrons. The quantitative estimate of drug-likeness (QED) is 0.757. The van der Waals surface area contributed by atoms with Crippen molar-refractivity contribution in [3.63, 3.8) is 0 Å². The topological polar surface area (TPSA) is 26.3 Å². The zero-order valence-electron chi connectivity index (χ0n) is 10.6. The lowest BCUT2D eigenvalue weighted by Crippen LogP contribution is -2.17. The van der Waals surface area contributed by atoms with Crippen molar-refractivity contribution in [2.75, 3.05) is 6.61 Å². The number of rotatable bonds is 6. The van der Waals surface area contributed by atoms with Crippen molar-refractivity contribution in [3.8, 4) is 0 Å². The molecule has 0 radical (unpaired) electrons. The van der Waals surface area contributed by atoms with Gasteiger partial charge in [-0.2, -0.15) is 0 Å². The van der Waals surface area contributed by atoms with Gasteiger partial charge in [0.2, 0.25) is 0 Å². The first kappa shape index (κ1) is 13.8. The van der Waals surface area contributed by atoms with Gasteiger partial charge in [-0.15, -0.1) is 0 Å². The van der Waals surface area contributed by atoms with E-state index in [9.17, 15) is 9.18 Å². The predicted molar refractivity (Wildman–Crippen MR) is 65.4 cm³/mol. The van der Waals surface area contributed by atoms with Crippen LogP contribution < -0.4 is 0 Å². The highest BCUT2D eigenvalue weighted by atomic mass is 19.1.